The Balaban J connectivity index is 0.000000503. The molecule has 0 saturated heterocycles. The van der Waals surface area contributed by atoms with Gasteiger partial charge < -0.3 is 38.7 Å². The molecule has 0 amide bonds. The predicted molar refractivity (Wildman–Crippen MR) is 294 cm³/mol. The molecule has 0 radical (unpaired) electrons. The summed E-state index contributed by atoms with van der Waals surface area (Å²) in [5.41, 5.74) is 11.4. The van der Waals surface area contributed by atoms with E-state index in [0.717, 1.165) is 58.7 Å². The van der Waals surface area contributed by atoms with E-state index >= 15 is 0 Å². The monoisotopic (exact) mass is 1070 g/mol. The summed E-state index contributed by atoms with van der Waals surface area (Å²) >= 11 is 0. The van der Waals surface area contributed by atoms with Crippen molar-refractivity contribution in [1.29, 1.82) is 5.26 Å². The third-order valence-corrected chi connectivity index (χ3v) is 12.7. The molecule has 0 fully saturated rings. The fourth-order valence-electron chi connectivity index (χ4n) is 5.42. The van der Waals surface area contributed by atoms with E-state index in [1.807, 2.05) is 161 Å². The summed E-state index contributed by atoms with van der Waals surface area (Å²) in [7, 11) is -2.85. The Morgan fingerprint density at radius 1 is 0.605 bits per heavy atom. The quantitative estimate of drug-likeness (QED) is 0.0266. The molecular weight excluding hydrogens is 989 g/mol. The number of nitrogens with zero attached hydrogens (tertiary/aromatic N) is 1. The lowest BCUT2D eigenvalue weighted by atomic mass is 9.91. The molecule has 412 valence electrons. The Morgan fingerprint density at radius 2 is 0.987 bits per heavy atom. The van der Waals surface area contributed by atoms with Crippen LogP contribution in [0.4, 0.5) is 0 Å². The van der Waals surface area contributed by atoms with Gasteiger partial charge in [0.25, 0.3) is 0 Å². The molecule has 0 aliphatic carbocycles. The molecule has 5 aromatic carbocycles. The maximum absolute atomic E-state index is 11.9. The average molecular weight is 1070 g/mol. The van der Waals surface area contributed by atoms with Gasteiger partial charge in [0, 0.05) is 12.6 Å². The summed E-state index contributed by atoms with van der Waals surface area (Å²) in [6.45, 7) is 25.1. The summed E-state index contributed by atoms with van der Waals surface area (Å²) in [5, 5.41) is 8.82. The number of nitriles is 1. The number of carbonyl (C=O) groups excluding carboxylic acids is 4. The van der Waals surface area contributed by atoms with Crippen molar-refractivity contribution >= 4 is 34.0 Å². The zero-order valence-corrected chi connectivity index (χ0v) is 47.0. The van der Waals surface area contributed by atoms with Crippen LogP contribution in [0.2, 0.25) is 0 Å². The van der Waals surface area contributed by atoms with Gasteiger partial charge in [-0.05, 0) is 150 Å². The van der Waals surface area contributed by atoms with Crippen molar-refractivity contribution in [2.24, 2.45) is 22.0 Å². The molecule has 2 N–H and O–H groups in total. The number of esters is 4. The average Bonchev–Trinajstić information content (AvgIpc) is 3.42. The summed E-state index contributed by atoms with van der Waals surface area (Å²) in [4.78, 5) is 44.6. The molecule has 0 bridgehead atoms. The first-order valence-corrected chi connectivity index (χ1v) is 26.2. The third-order valence-electron chi connectivity index (χ3n) is 11.8. The van der Waals surface area contributed by atoms with Gasteiger partial charge in [-0.25, -0.2) is 13.2 Å². The Hall–Kier alpha value is -7.32. The van der Waals surface area contributed by atoms with Crippen LogP contribution in [-0.4, -0.2) is 64.2 Å². The highest BCUT2D eigenvalue weighted by molar-refractivity contribution is 7.85. The van der Waals surface area contributed by atoms with Crippen LogP contribution in [0.1, 0.15) is 112 Å². The van der Waals surface area contributed by atoms with Gasteiger partial charge in [0.05, 0.1) is 46.5 Å². The van der Waals surface area contributed by atoms with Gasteiger partial charge in [-0.3, -0.25) is 14.4 Å². The molecule has 5 rings (SSSR count). The molecule has 0 aromatic heterocycles. The van der Waals surface area contributed by atoms with Gasteiger partial charge in [0.15, 0.2) is 0 Å². The van der Waals surface area contributed by atoms with Gasteiger partial charge in [-0.15, -0.1) is 0 Å². The van der Waals surface area contributed by atoms with E-state index in [-0.39, 0.29) is 47.2 Å². The topological polar surface area (TPSA) is 231 Å². The summed E-state index contributed by atoms with van der Waals surface area (Å²) < 4.78 is 61.4. The van der Waals surface area contributed by atoms with Crippen LogP contribution in [0.15, 0.2) is 139 Å². The van der Waals surface area contributed by atoms with Gasteiger partial charge >= 0.3 is 23.9 Å². The smallest absolute Gasteiger partial charge is 0.333 e. The van der Waals surface area contributed by atoms with Gasteiger partial charge in [0.2, 0.25) is 13.6 Å². The number of nitrogens with two attached hydrogens (primary N) is 1. The molecule has 76 heavy (non-hydrogen) atoms. The fraction of sp³-hybridized carbons (Fsp3) is 0.383. The minimum Gasteiger partial charge on any atom is -0.744 e. The molecule has 0 aliphatic rings. The van der Waals surface area contributed by atoms with Crippen LogP contribution in [0, 0.1) is 34.5 Å². The number of ether oxygens (including phenoxy) is 6. The first-order chi connectivity index (χ1) is 35.8. The molecule has 5 aromatic rings. The van der Waals surface area contributed by atoms with Crippen molar-refractivity contribution < 1.29 is 60.6 Å². The van der Waals surface area contributed by atoms with E-state index in [0.29, 0.717) is 36.6 Å². The SMILES string of the molecule is C=CC(=O)OCOc1ccc(-c2ccc(CN)cc2)cc1.CCC(C)(C)C(=O)OC.CCC(C)(C)C(=O)OCOc1ccc(-c2ccc(C#N)cc2)cc1.CCCOC(=O)C(C)(C)CC.Cc1ccc(S(=O)(=O)[O-])cc1. The molecule has 0 atom stereocenters. The number of hydrogen-bond acceptors (Lipinski definition) is 15. The van der Waals surface area contributed by atoms with Crippen molar-refractivity contribution in [3.63, 3.8) is 0 Å². The van der Waals surface area contributed by atoms with Crippen molar-refractivity contribution in [3.8, 4) is 39.8 Å². The molecule has 16 heteroatoms. The first-order valence-electron chi connectivity index (χ1n) is 24.8. The minimum absolute atomic E-state index is 0.0816. The van der Waals surface area contributed by atoms with E-state index in [1.54, 1.807) is 24.3 Å². The molecule has 0 unspecified atom stereocenters. The number of benzene rings is 5. The Labute approximate surface area is 451 Å². The zero-order chi connectivity index (χ0) is 57.5. The Kier molecular flexibility index (Phi) is 29.5. The Morgan fingerprint density at radius 3 is 1.33 bits per heavy atom. The second-order valence-electron chi connectivity index (χ2n) is 18.9. The lowest BCUT2D eigenvalue weighted by Crippen LogP contribution is -2.27. The predicted octanol–water partition coefficient (Wildman–Crippen LogP) is 12.3. The molecule has 15 nitrogen and oxygen atoms in total. The Bertz CT molecular complexity index is 2690. The van der Waals surface area contributed by atoms with Crippen LogP contribution in [0.25, 0.3) is 22.3 Å². The fourth-order valence-corrected chi connectivity index (χ4v) is 5.89. The summed E-state index contributed by atoms with van der Waals surface area (Å²) in [6.07, 6.45) is 4.35. The highest BCUT2D eigenvalue weighted by Crippen LogP contribution is 2.26. The lowest BCUT2D eigenvalue weighted by Gasteiger charge is -2.20. The maximum atomic E-state index is 11.9. The van der Waals surface area contributed by atoms with Crippen molar-refractivity contribution in [1.82, 2.24) is 0 Å². The minimum atomic E-state index is -4.27. The van der Waals surface area contributed by atoms with Crippen LogP contribution in [0.3, 0.4) is 0 Å². The van der Waals surface area contributed by atoms with Crippen LogP contribution < -0.4 is 15.2 Å². The van der Waals surface area contributed by atoms with E-state index in [2.05, 4.69) is 17.4 Å². The molecule has 0 spiro atoms. The largest absolute Gasteiger partial charge is 0.744 e. The number of rotatable bonds is 19. The molecule has 0 aliphatic heterocycles. The molecule has 0 saturated carbocycles. The second-order valence-corrected chi connectivity index (χ2v) is 20.2. The van der Waals surface area contributed by atoms with E-state index in [4.69, 9.17) is 34.7 Å². The standard InChI is InChI=1S/C20H21NO3.C17H17NO3.C9H18O2.C7H8O3S.C7H14O2/c1-4-20(2,3)19(22)24-14-23-18-11-9-17(10-12-18)16-7-5-15(13-21)6-8-16;1-2-17(19)21-12-20-16-9-7-15(8-10-16)14-5-3-13(11-18)4-6-14;1-5-7-11-8(10)9(3,4)6-2;1-6-2-4-7(5-3-6)11(8,9)10;1-5-7(2,3)6(8)9-4/h5-12H,4,14H2,1-3H3;2-10H,1,11-12,18H2;5-7H2,1-4H3;2-5H,1H3,(H,8,9,10);5H2,1-4H3/p-1. The highest BCUT2D eigenvalue weighted by Gasteiger charge is 2.28. The van der Waals surface area contributed by atoms with E-state index < -0.39 is 21.5 Å². The molecule has 0 heterocycles. The second kappa shape index (κ2) is 33.6. The third kappa shape index (κ3) is 24.8. The lowest BCUT2D eigenvalue weighted by molar-refractivity contribution is -0.161. The van der Waals surface area contributed by atoms with Crippen molar-refractivity contribution in [3.05, 3.63) is 151 Å². The van der Waals surface area contributed by atoms with Crippen LogP contribution in [-0.2, 0) is 54.8 Å². The van der Waals surface area contributed by atoms with Gasteiger partial charge in [0.1, 0.15) is 21.6 Å². The van der Waals surface area contributed by atoms with Gasteiger partial charge in [-0.2, -0.15) is 5.26 Å². The summed E-state index contributed by atoms with van der Waals surface area (Å²) in [5.74, 6) is 0.279. The number of aryl methyl sites for hydroxylation is 1. The number of methoxy groups -OCH3 is 1. The first kappa shape index (κ1) is 66.7. The molecular formula is C60H77N2O13S-. The van der Waals surface area contributed by atoms with Gasteiger partial charge in [-0.1, -0.05) is 113 Å². The maximum Gasteiger partial charge on any atom is 0.333 e. The number of hydrogen-bond donors (Lipinski definition) is 1. The highest BCUT2D eigenvalue weighted by atomic mass is 32.2. The summed E-state index contributed by atoms with van der Waals surface area (Å²) in [6, 6.07) is 38.4. The van der Waals surface area contributed by atoms with E-state index in [1.165, 1.54) is 19.2 Å². The number of carbonyl (C=O) groups is 4. The van der Waals surface area contributed by atoms with E-state index in [9.17, 15) is 32.1 Å². The van der Waals surface area contributed by atoms with Crippen LogP contribution >= 0.6 is 0 Å². The van der Waals surface area contributed by atoms with Crippen LogP contribution in [0.5, 0.6) is 11.5 Å². The van der Waals surface area contributed by atoms with Crippen molar-refractivity contribution in [2.75, 3.05) is 27.3 Å². The zero-order valence-electron chi connectivity index (χ0n) is 46.2. The van der Waals surface area contributed by atoms with Crippen molar-refractivity contribution in [2.45, 2.75) is 113 Å². The normalized spacial score (nSPS) is 10.8.